The molecule has 8 heteroatoms. The largest absolute Gasteiger partial charge is 0.307 e. The normalized spacial score (nSPS) is 16.6. The molecule has 0 bridgehead atoms. The Morgan fingerprint density at radius 3 is 2.71 bits per heavy atom. The minimum atomic E-state index is -3.31. The summed E-state index contributed by atoms with van der Waals surface area (Å²) in [5, 5.41) is 2.84. The molecule has 3 rings (SSSR count). The molecule has 1 saturated heterocycles. The van der Waals surface area contributed by atoms with E-state index < -0.39 is 15.9 Å². The number of rotatable bonds is 3. The summed E-state index contributed by atoms with van der Waals surface area (Å²) in [5.74, 6) is 0.153. The fraction of sp³-hybridized carbons (Fsp3) is 0.250. The van der Waals surface area contributed by atoms with Crippen LogP contribution in [0.2, 0.25) is 5.02 Å². The van der Waals surface area contributed by atoms with E-state index in [2.05, 4.69) is 10.3 Å². The van der Waals surface area contributed by atoms with E-state index in [1.165, 1.54) is 16.4 Å². The Balaban J connectivity index is 1.83. The molecule has 1 aromatic carbocycles. The van der Waals surface area contributed by atoms with Crippen LogP contribution in [0.5, 0.6) is 0 Å². The van der Waals surface area contributed by atoms with Gasteiger partial charge in [0.05, 0.1) is 22.0 Å². The van der Waals surface area contributed by atoms with Crippen molar-refractivity contribution < 1.29 is 13.2 Å². The van der Waals surface area contributed by atoms with E-state index in [1.807, 2.05) is 0 Å². The first-order valence-electron chi connectivity index (χ1n) is 7.50. The van der Waals surface area contributed by atoms with E-state index in [9.17, 15) is 13.2 Å². The first kappa shape index (κ1) is 16.7. The molecule has 0 radical (unpaired) electrons. The van der Waals surface area contributed by atoms with Crippen molar-refractivity contribution in [2.45, 2.75) is 12.8 Å². The molecule has 0 aliphatic carbocycles. The number of aromatic nitrogens is 1. The molecule has 1 aromatic heterocycles. The maximum atomic E-state index is 12.3. The number of hydrogen-bond acceptors (Lipinski definition) is 4. The minimum Gasteiger partial charge on any atom is -0.307 e. The van der Waals surface area contributed by atoms with Crippen LogP contribution in [-0.2, 0) is 10.0 Å². The Morgan fingerprint density at radius 2 is 2.04 bits per heavy atom. The molecule has 1 amide bonds. The SMILES string of the molecule is O=C(Nc1ccccn1)c1ccc(N2CCCCS2(=O)=O)cc1Cl. The Labute approximate surface area is 145 Å². The van der Waals surface area contributed by atoms with Crippen LogP contribution >= 0.6 is 11.6 Å². The van der Waals surface area contributed by atoms with E-state index >= 15 is 0 Å². The first-order chi connectivity index (χ1) is 11.5. The maximum Gasteiger partial charge on any atom is 0.258 e. The second-order valence-electron chi connectivity index (χ2n) is 5.43. The van der Waals surface area contributed by atoms with Gasteiger partial charge in [0.2, 0.25) is 10.0 Å². The number of halogens is 1. The second-order valence-corrected chi connectivity index (χ2v) is 7.85. The molecule has 126 valence electrons. The second kappa shape index (κ2) is 6.78. The van der Waals surface area contributed by atoms with Gasteiger partial charge >= 0.3 is 0 Å². The summed E-state index contributed by atoms with van der Waals surface area (Å²) < 4.78 is 25.6. The molecule has 0 spiro atoms. The van der Waals surface area contributed by atoms with Gasteiger partial charge in [-0.15, -0.1) is 0 Å². The van der Waals surface area contributed by atoms with Crippen LogP contribution in [0.15, 0.2) is 42.6 Å². The summed E-state index contributed by atoms with van der Waals surface area (Å²) in [6.45, 7) is 0.429. The van der Waals surface area contributed by atoms with Crippen LogP contribution in [0.3, 0.4) is 0 Å². The summed E-state index contributed by atoms with van der Waals surface area (Å²) in [6, 6.07) is 9.81. The molecule has 1 aliphatic rings. The average molecular weight is 366 g/mol. The summed E-state index contributed by atoms with van der Waals surface area (Å²) >= 11 is 6.20. The molecule has 6 nitrogen and oxygen atoms in total. The van der Waals surface area contributed by atoms with Crippen molar-refractivity contribution in [3.8, 4) is 0 Å². The van der Waals surface area contributed by atoms with Crippen molar-refractivity contribution >= 4 is 39.0 Å². The molecule has 0 saturated carbocycles. The van der Waals surface area contributed by atoms with Gasteiger partial charge in [-0.3, -0.25) is 9.10 Å². The van der Waals surface area contributed by atoms with Gasteiger partial charge < -0.3 is 5.32 Å². The topological polar surface area (TPSA) is 79.4 Å². The van der Waals surface area contributed by atoms with Gasteiger partial charge in [-0.1, -0.05) is 17.7 Å². The third kappa shape index (κ3) is 3.52. The molecule has 2 heterocycles. The fourth-order valence-corrected chi connectivity index (χ4v) is 4.43. The molecule has 0 unspecified atom stereocenters. The number of carbonyl (C=O) groups excluding carboxylic acids is 1. The Morgan fingerprint density at radius 1 is 1.21 bits per heavy atom. The number of pyridine rings is 1. The molecular weight excluding hydrogens is 350 g/mol. The van der Waals surface area contributed by atoms with Gasteiger partial charge in [-0.05, 0) is 43.2 Å². The average Bonchev–Trinajstić information content (AvgIpc) is 2.55. The number of sulfonamides is 1. The fourth-order valence-electron chi connectivity index (χ4n) is 2.54. The number of nitrogens with one attached hydrogen (secondary N) is 1. The van der Waals surface area contributed by atoms with Crippen molar-refractivity contribution in [1.29, 1.82) is 0 Å². The highest BCUT2D eigenvalue weighted by Gasteiger charge is 2.26. The van der Waals surface area contributed by atoms with Crippen LogP contribution in [-0.4, -0.2) is 31.6 Å². The zero-order chi connectivity index (χ0) is 17.2. The highest BCUT2D eigenvalue weighted by Crippen LogP contribution is 2.28. The van der Waals surface area contributed by atoms with Crippen molar-refractivity contribution in [1.82, 2.24) is 4.98 Å². The Hall–Kier alpha value is -2.12. The summed E-state index contributed by atoms with van der Waals surface area (Å²) in [5.41, 5.74) is 0.745. The lowest BCUT2D eigenvalue weighted by molar-refractivity contribution is 0.102. The predicted molar refractivity (Wildman–Crippen MR) is 94.0 cm³/mol. The number of nitrogens with zero attached hydrogens (tertiary/aromatic N) is 2. The van der Waals surface area contributed by atoms with E-state index in [0.717, 1.165) is 6.42 Å². The highest BCUT2D eigenvalue weighted by atomic mass is 35.5. The smallest absolute Gasteiger partial charge is 0.258 e. The predicted octanol–water partition coefficient (Wildman–Crippen LogP) is 2.92. The molecule has 24 heavy (non-hydrogen) atoms. The summed E-state index contributed by atoms with van der Waals surface area (Å²) in [6.07, 6.45) is 3.04. The van der Waals surface area contributed by atoms with Gasteiger partial charge in [-0.25, -0.2) is 13.4 Å². The molecule has 1 aliphatic heterocycles. The Bertz CT molecular complexity index is 856. The minimum absolute atomic E-state index is 0.131. The number of anilines is 2. The van der Waals surface area contributed by atoms with Gasteiger partial charge in [0.1, 0.15) is 5.82 Å². The van der Waals surface area contributed by atoms with E-state index in [1.54, 1.807) is 30.5 Å². The quantitative estimate of drug-likeness (QED) is 0.906. The molecule has 1 N–H and O–H groups in total. The standard InChI is InChI=1S/C16H16ClN3O3S/c17-14-11-12(20-9-3-4-10-24(20,22)23)6-7-13(14)16(21)19-15-5-1-2-8-18-15/h1-2,5-8,11H,3-4,9-10H2,(H,18,19,21). The van der Waals surface area contributed by atoms with Crippen LogP contribution < -0.4 is 9.62 Å². The van der Waals surface area contributed by atoms with E-state index in [4.69, 9.17) is 11.6 Å². The van der Waals surface area contributed by atoms with E-state index in [-0.39, 0.29) is 16.3 Å². The highest BCUT2D eigenvalue weighted by molar-refractivity contribution is 7.92. The van der Waals surface area contributed by atoms with Crippen molar-refractivity contribution in [2.75, 3.05) is 21.9 Å². The number of hydrogen-bond donors (Lipinski definition) is 1. The van der Waals surface area contributed by atoms with Crippen molar-refractivity contribution in [3.05, 3.63) is 53.2 Å². The van der Waals surface area contributed by atoms with Gasteiger partial charge in [-0.2, -0.15) is 0 Å². The van der Waals surface area contributed by atoms with Crippen LogP contribution in [0.1, 0.15) is 23.2 Å². The van der Waals surface area contributed by atoms with Crippen LogP contribution in [0, 0.1) is 0 Å². The summed E-state index contributed by atoms with van der Waals surface area (Å²) in [4.78, 5) is 16.3. The number of carbonyl (C=O) groups is 1. The number of amides is 1. The van der Waals surface area contributed by atoms with Gasteiger partial charge in [0.15, 0.2) is 0 Å². The first-order valence-corrected chi connectivity index (χ1v) is 9.48. The van der Waals surface area contributed by atoms with Crippen LogP contribution in [0.4, 0.5) is 11.5 Å². The van der Waals surface area contributed by atoms with Crippen LogP contribution in [0.25, 0.3) is 0 Å². The molecule has 1 fully saturated rings. The maximum absolute atomic E-state index is 12.3. The lowest BCUT2D eigenvalue weighted by Crippen LogP contribution is -2.37. The lowest BCUT2D eigenvalue weighted by Gasteiger charge is -2.28. The zero-order valence-corrected chi connectivity index (χ0v) is 14.3. The monoisotopic (exact) mass is 365 g/mol. The molecule has 2 aromatic rings. The third-order valence-corrected chi connectivity index (χ3v) is 5.92. The van der Waals surface area contributed by atoms with Gasteiger partial charge in [0.25, 0.3) is 5.91 Å². The van der Waals surface area contributed by atoms with Crippen molar-refractivity contribution in [2.24, 2.45) is 0 Å². The lowest BCUT2D eigenvalue weighted by atomic mass is 10.2. The zero-order valence-electron chi connectivity index (χ0n) is 12.8. The van der Waals surface area contributed by atoms with Gasteiger partial charge in [0, 0.05) is 12.7 Å². The third-order valence-electron chi connectivity index (χ3n) is 3.74. The Kier molecular flexibility index (Phi) is 4.73. The van der Waals surface area contributed by atoms with Crippen molar-refractivity contribution in [3.63, 3.8) is 0 Å². The molecule has 0 atom stereocenters. The molecular formula is C16H16ClN3O3S. The summed E-state index contributed by atoms with van der Waals surface area (Å²) in [7, 11) is -3.31. The van der Waals surface area contributed by atoms with E-state index in [0.29, 0.717) is 24.5 Å². The number of benzene rings is 1.